The van der Waals surface area contributed by atoms with Gasteiger partial charge in [-0.1, -0.05) is 31.2 Å². The molecule has 0 spiro atoms. The van der Waals surface area contributed by atoms with Gasteiger partial charge in [0.25, 0.3) is 0 Å². The number of aryl methyl sites for hydroxylation is 1. The van der Waals surface area contributed by atoms with Crippen LogP contribution < -0.4 is 0 Å². The molecule has 1 heteroatoms. The summed E-state index contributed by atoms with van der Waals surface area (Å²) in [6.45, 7) is 4.47. The fourth-order valence-electron chi connectivity index (χ4n) is 2.72. The third kappa shape index (κ3) is 2.40. The van der Waals surface area contributed by atoms with E-state index >= 15 is 0 Å². The minimum atomic E-state index is -0.0704. The van der Waals surface area contributed by atoms with Gasteiger partial charge in [-0.15, -0.1) is 0 Å². The van der Waals surface area contributed by atoms with Crippen LogP contribution in [-0.4, -0.2) is 11.2 Å². The lowest BCUT2D eigenvalue weighted by atomic mass is 9.81. The molecule has 1 saturated carbocycles. The summed E-state index contributed by atoms with van der Waals surface area (Å²) in [5, 5.41) is 9.61. The minimum absolute atomic E-state index is 0.0704. The van der Waals surface area contributed by atoms with Gasteiger partial charge in [-0.05, 0) is 49.1 Å². The van der Waals surface area contributed by atoms with Crippen molar-refractivity contribution in [2.75, 3.05) is 0 Å². The van der Waals surface area contributed by atoms with Crippen molar-refractivity contribution >= 4 is 0 Å². The van der Waals surface area contributed by atoms with Crippen molar-refractivity contribution in [3.8, 4) is 0 Å². The maximum absolute atomic E-state index is 9.61. The number of hydrogen-bond donors (Lipinski definition) is 1. The molecule has 1 aromatic rings. The predicted molar refractivity (Wildman–Crippen MR) is 62.8 cm³/mol. The molecule has 82 valence electrons. The molecule has 2 unspecified atom stereocenters. The summed E-state index contributed by atoms with van der Waals surface area (Å²) in [6.07, 6.45) is 4.13. The van der Waals surface area contributed by atoms with Gasteiger partial charge in [0.15, 0.2) is 0 Å². The largest absolute Gasteiger partial charge is 0.393 e. The van der Waals surface area contributed by atoms with E-state index in [2.05, 4.69) is 38.1 Å². The van der Waals surface area contributed by atoms with Crippen LogP contribution in [0.1, 0.15) is 37.3 Å². The zero-order valence-electron chi connectivity index (χ0n) is 9.66. The van der Waals surface area contributed by atoms with Crippen LogP contribution in [0, 0.1) is 12.3 Å². The molecular weight excluding hydrogens is 184 g/mol. The van der Waals surface area contributed by atoms with E-state index in [4.69, 9.17) is 0 Å². The van der Waals surface area contributed by atoms with E-state index in [9.17, 15) is 5.11 Å². The Kier molecular flexibility index (Phi) is 2.83. The first-order valence-electron chi connectivity index (χ1n) is 5.82. The highest BCUT2D eigenvalue weighted by atomic mass is 16.3. The molecule has 0 aliphatic heterocycles. The maximum atomic E-state index is 9.61. The average molecular weight is 204 g/mol. The number of aliphatic hydroxyl groups is 1. The first-order chi connectivity index (χ1) is 7.09. The quantitative estimate of drug-likeness (QED) is 0.785. The van der Waals surface area contributed by atoms with Gasteiger partial charge in [0.1, 0.15) is 0 Å². The van der Waals surface area contributed by atoms with E-state index in [0.717, 1.165) is 25.7 Å². The molecule has 1 fully saturated rings. The molecule has 0 aromatic heterocycles. The highest BCUT2D eigenvalue weighted by molar-refractivity contribution is 5.26. The topological polar surface area (TPSA) is 20.2 Å². The van der Waals surface area contributed by atoms with Crippen LogP contribution in [0.4, 0.5) is 0 Å². The fraction of sp³-hybridized carbons (Fsp3) is 0.571. The summed E-state index contributed by atoms with van der Waals surface area (Å²) < 4.78 is 0. The number of rotatable bonds is 2. The Morgan fingerprint density at radius 2 is 2.13 bits per heavy atom. The van der Waals surface area contributed by atoms with Crippen molar-refractivity contribution in [3.05, 3.63) is 35.4 Å². The second-order valence-corrected chi connectivity index (χ2v) is 5.31. The van der Waals surface area contributed by atoms with E-state index in [-0.39, 0.29) is 6.10 Å². The van der Waals surface area contributed by atoms with Crippen LogP contribution in [0.2, 0.25) is 0 Å². The lowest BCUT2D eigenvalue weighted by Gasteiger charge is -2.24. The van der Waals surface area contributed by atoms with Crippen LogP contribution in [0.3, 0.4) is 0 Å². The molecule has 2 atom stereocenters. The van der Waals surface area contributed by atoms with Crippen molar-refractivity contribution < 1.29 is 5.11 Å². The maximum Gasteiger partial charge on any atom is 0.0545 e. The van der Waals surface area contributed by atoms with Crippen LogP contribution in [-0.2, 0) is 6.42 Å². The van der Waals surface area contributed by atoms with Gasteiger partial charge >= 0.3 is 0 Å². The SMILES string of the molecule is Cc1ccccc1CC1(C)CCC(O)C1. The van der Waals surface area contributed by atoms with Gasteiger partial charge in [0.2, 0.25) is 0 Å². The Morgan fingerprint density at radius 3 is 2.73 bits per heavy atom. The molecule has 15 heavy (non-hydrogen) atoms. The molecule has 1 nitrogen and oxygen atoms in total. The third-order valence-corrected chi connectivity index (χ3v) is 3.69. The van der Waals surface area contributed by atoms with Gasteiger partial charge in [-0.25, -0.2) is 0 Å². The highest BCUT2D eigenvalue weighted by Gasteiger charge is 2.34. The summed E-state index contributed by atoms with van der Waals surface area (Å²) in [5.74, 6) is 0. The molecule has 0 heterocycles. The molecule has 1 N–H and O–H groups in total. The van der Waals surface area contributed by atoms with Gasteiger partial charge in [0.05, 0.1) is 6.10 Å². The second-order valence-electron chi connectivity index (χ2n) is 5.31. The number of aliphatic hydroxyl groups excluding tert-OH is 1. The van der Waals surface area contributed by atoms with Crippen LogP contribution in [0.5, 0.6) is 0 Å². The Labute approximate surface area is 92.1 Å². The lowest BCUT2D eigenvalue weighted by molar-refractivity contribution is 0.163. The normalized spacial score (nSPS) is 30.7. The smallest absolute Gasteiger partial charge is 0.0545 e. The minimum Gasteiger partial charge on any atom is -0.393 e. The molecule has 0 saturated heterocycles. The zero-order valence-corrected chi connectivity index (χ0v) is 9.66. The Bertz CT molecular complexity index is 345. The van der Waals surface area contributed by atoms with Crippen molar-refractivity contribution in [2.24, 2.45) is 5.41 Å². The van der Waals surface area contributed by atoms with Crippen LogP contribution in [0.15, 0.2) is 24.3 Å². The molecule has 0 amide bonds. The number of hydrogen-bond acceptors (Lipinski definition) is 1. The third-order valence-electron chi connectivity index (χ3n) is 3.69. The van der Waals surface area contributed by atoms with E-state index in [0.29, 0.717) is 5.41 Å². The van der Waals surface area contributed by atoms with Gasteiger partial charge in [-0.3, -0.25) is 0 Å². The number of benzene rings is 1. The summed E-state index contributed by atoms with van der Waals surface area (Å²) in [6, 6.07) is 8.58. The Balaban J connectivity index is 2.12. The molecule has 2 rings (SSSR count). The highest BCUT2D eigenvalue weighted by Crippen LogP contribution is 2.40. The van der Waals surface area contributed by atoms with Gasteiger partial charge in [-0.2, -0.15) is 0 Å². The van der Waals surface area contributed by atoms with Crippen molar-refractivity contribution in [3.63, 3.8) is 0 Å². The molecule has 1 aromatic carbocycles. The first-order valence-corrected chi connectivity index (χ1v) is 5.82. The van der Waals surface area contributed by atoms with Crippen LogP contribution in [0.25, 0.3) is 0 Å². The molecular formula is C14H20O. The molecule has 1 aliphatic rings. The predicted octanol–water partition coefficient (Wildman–Crippen LogP) is 3.09. The molecule has 0 radical (unpaired) electrons. The fourth-order valence-corrected chi connectivity index (χ4v) is 2.72. The molecule has 0 bridgehead atoms. The summed E-state index contributed by atoms with van der Waals surface area (Å²) in [5.41, 5.74) is 3.13. The standard InChI is InChI=1S/C14H20O/c1-11-5-3-4-6-12(11)9-14(2)8-7-13(15)10-14/h3-6,13,15H,7-10H2,1-2H3. The van der Waals surface area contributed by atoms with E-state index < -0.39 is 0 Å². The van der Waals surface area contributed by atoms with E-state index in [1.165, 1.54) is 11.1 Å². The lowest BCUT2D eigenvalue weighted by Crippen LogP contribution is -2.17. The van der Waals surface area contributed by atoms with Crippen molar-refractivity contribution in [2.45, 2.75) is 45.6 Å². The summed E-state index contributed by atoms with van der Waals surface area (Å²) in [7, 11) is 0. The summed E-state index contributed by atoms with van der Waals surface area (Å²) in [4.78, 5) is 0. The van der Waals surface area contributed by atoms with E-state index in [1.807, 2.05) is 0 Å². The van der Waals surface area contributed by atoms with Crippen molar-refractivity contribution in [1.82, 2.24) is 0 Å². The van der Waals surface area contributed by atoms with Crippen LogP contribution >= 0.6 is 0 Å². The molecule has 1 aliphatic carbocycles. The van der Waals surface area contributed by atoms with Gasteiger partial charge in [0, 0.05) is 0 Å². The Morgan fingerprint density at radius 1 is 1.40 bits per heavy atom. The van der Waals surface area contributed by atoms with E-state index in [1.54, 1.807) is 0 Å². The summed E-state index contributed by atoms with van der Waals surface area (Å²) >= 11 is 0. The van der Waals surface area contributed by atoms with Gasteiger partial charge < -0.3 is 5.11 Å². The first kappa shape index (κ1) is 10.7. The average Bonchev–Trinajstić information content (AvgIpc) is 2.51. The monoisotopic (exact) mass is 204 g/mol. The Hall–Kier alpha value is -0.820. The second kappa shape index (κ2) is 3.97. The zero-order chi connectivity index (χ0) is 10.9. The van der Waals surface area contributed by atoms with Crippen molar-refractivity contribution in [1.29, 1.82) is 0 Å².